The standard InChI is InChI=1S/C19H29N5O3.CH2O2/c1-13(20-3)17(25)21-16-11-7-8-12-24(19(16)27)14(2)18(26)23-22-15-9-5-4-6-10-15;2-1-3/h4-6,9-10,13-14,16,20,22H,7-8,11-12H2,1-3H3,(H,21,25)(H,23,26);1H,(H,2,3)/t13-,14+,16-;/m0./s1. The summed E-state index contributed by atoms with van der Waals surface area (Å²) in [6.07, 6.45) is 2.19. The lowest BCUT2D eigenvalue weighted by molar-refractivity contribution is -0.142. The fraction of sp³-hybridized carbons (Fsp3) is 0.500. The largest absolute Gasteiger partial charge is 0.483 e. The van der Waals surface area contributed by atoms with Crippen LogP contribution in [0.15, 0.2) is 30.3 Å². The van der Waals surface area contributed by atoms with E-state index in [-0.39, 0.29) is 30.2 Å². The van der Waals surface area contributed by atoms with Gasteiger partial charge in [0.1, 0.15) is 12.1 Å². The highest BCUT2D eigenvalue weighted by molar-refractivity contribution is 5.93. The number of nitrogens with zero attached hydrogens (tertiary/aromatic N) is 1. The Labute approximate surface area is 176 Å². The number of carbonyl (C=O) groups is 4. The van der Waals surface area contributed by atoms with E-state index < -0.39 is 12.1 Å². The molecule has 1 aromatic carbocycles. The summed E-state index contributed by atoms with van der Waals surface area (Å²) in [5.74, 6) is -0.741. The van der Waals surface area contributed by atoms with Crippen LogP contribution in [0.4, 0.5) is 5.69 Å². The molecule has 10 nitrogen and oxygen atoms in total. The molecule has 1 aliphatic rings. The Balaban J connectivity index is 0.00000141. The van der Waals surface area contributed by atoms with Crippen molar-refractivity contribution in [2.75, 3.05) is 19.0 Å². The van der Waals surface area contributed by atoms with E-state index in [1.807, 2.05) is 30.3 Å². The van der Waals surface area contributed by atoms with Crippen LogP contribution in [0, 0.1) is 0 Å². The van der Waals surface area contributed by atoms with Gasteiger partial charge in [0.2, 0.25) is 11.8 Å². The molecular formula is C20H31N5O5. The molecule has 1 aromatic rings. The van der Waals surface area contributed by atoms with Crippen LogP contribution in [0.1, 0.15) is 33.1 Å². The van der Waals surface area contributed by atoms with Crippen molar-refractivity contribution in [2.45, 2.75) is 51.2 Å². The smallest absolute Gasteiger partial charge is 0.290 e. The normalized spacial score (nSPS) is 18.0. The Morgan fingerprint density at radius 2 is 1.80 bits per heavy atom. The molecule has 5 N–H and O–H groups in total. The Hall–Kier alpha value is -3.14. The summed E-state index contributed by atoms with van der Waals surface area (Å²) in [6.45, 7) is 3.67. The van der Waals surface area contributed by atoms with Gasteiger partial charge in [-0.05, 0) is 52.3 Å². The van der Waals surface area contributed by atoms with Crippen molar-refractivity contribution in [2.24, 2.45) is 0 Å². The quantitative estimate of drug-likeness (QED) is 0.316. The van der Waals surface area contributed by atoms with E-state index in [4.69, 9.17) is 9.90 Å². The van der Waals surface area contributed by atoms with Crippen LogP contribution in [0.2, 0.25) is 0 Å². The molecule has 1 saturated heterocycles. The van der Waals surface area contributed by atoms with Crippen LogP contribution in [0.25, 0.3) is 0 Å². The number of likely N-dealkylation sites (N-methyl/N-ethyl adjacent to an activating group) is 1. The van der Waals surface area contributed by atoms with Crippen LogP contribution in [0.5, 0.6) is 0 Å². The molecule has 0 bridgehead atoms. The fourth-order valence-corrected chi connectivity index (χ4v) is 2.91. The molecule has 0 aromatic heterocycles. The molecule has 166 valence electrons. The maximum absolute atomic E-state index is 12.9. The minimum absolute atomic E-state index is 0.216. The summed E-state index contributed by atoms with van der Waals surface area (Å²) in [5, 5.41) is 12.5. The predicted molar refractivity (Wildman–Crippen MR) is 112 cm³/mol. The van der Waals surface area contributed by atoms with Gasteiger partial charge in [-0.3, -0.25) is 30.0 Å². The molecule has 10 heteroatoms. The lowest BCUT2D eigenvalue weighted by Gasteiger charge is -2.30. The number of nitrogens with one attached hydrogen (secondary N) is 4. The Morgan fingerprint density at radius 1 is 1.17 bits per heavy atom. The van der Waals surface area contributed by atoms with Gasteiger partial charge in [0, 0.05) is 6.54 Å². The van der Waals surface area contributed by atoms with Gasteiger partial charge >= 0.3 is 0 Å². The molecular weight excluding hydrogens is 390 g/mol. The number of carboxylic acid groups (broad SMARTS) is 1. The first-order valence-corrected chi connectivity index (χ1v) is 9.82. The van der Waals surface area contributed by atoms with Crippen molar-refractivity contribution < 1.29 is 24.3 Å². The third-order valence-electron chi connectivity index (χ3n) is 4.82. The molecule has 1 fully saturated rings. The van der Waals surface area contributed by atoms with E-state index in [1.165, 1.54) is 0 Å². The highest BCUT2D eigenvalue weighted by Gasteiger charge is 2.34. The van der Waals surface area contributed by atoms with Crippen molar-refractivity contribution in [1.29, 1.82) is 0 Å². The average Bonchev–Trinajstić information content (AvgIpc) is 2.93. The zero-order valence-electron chi connectivity index (χ0n) is 17.6. The van der Waals surface area contributed by atoms with Crippen molar-refractivity contribution in [3.05, 3.63) is 30.3 Å². The fourth-order valence-electron chi connectivity index (χ4n) is 2.91. The minimum Gasteiger partial charge on any atom is -0.483 e. The van der Waals surface area contributed by atoms with Gasteiger partial charge in [-0.15, -0.1) is 0 Å². The van der Waals surface area contributed by atoms with Crippen LogP contribution < -0.4 is 21.5 Å². The number of hydrogen-bond donors (Lipinski definition) is 5. The number of benzene rings is 1. The van der Waals surface area contributed by atoms with E-state index in [2.05, 4.69) is 21.5 Å². The highest BCUT2D eigenvalue weighted by atomic mass is 16.3. The Morgan fingerprint density at radius 3 is 2.40 bits per heavy atom. The van der Waals surface area contributed by atoms with Crippen LogP contribution in [-0.4, -0.2) is 65.9 Å². The maximum atomic E-state index is 12.9. The first-order valence-electron chi connectivity index (χ1n) is 9.82. The second-order valence-corrected chi connectivity index (χ2v) is 6.86. The number of carbonyl (C=O) groups excluding carboxylic acids is 3. The van der Waals surface area contributed by atoms with Crippen molar-refractivity contribution in [1.82, 2.24) is 21.0 Å². The number of hydrogen-bond acceptors (Lipinski definition) is 6. The molecule has 1 aliphatic heterocycles. The van der Waals surface area contributed by atoms with E-state index in [0.29, 0.717) is 13.0 Å². The second-order valence-electron chi connectivity index (χ2n) is 6.86. The minimum atomic E-state index is -0.645. The maximum Gasteiger partial charge on any atom is 0.290 e. The van der Waals surface area contributed by atoms with Crippen molar-refractivity contribution in [3.8, 4) is 0 Å². The van der Waals surface area contributed by atoms with Crippen molar-refractivity contribution >= 4 is 29.9 Å². The second kappa shape index (κ2) is 13.2. The van der Waals surface area contributed by atoms with Crippen LogP contribution in [0.3, 0.4) is 0 Å². The third-order valence-corrected chi connectivity index (χ3v) is 4.82. The monoisotopic (exact) mass is 421 g/mol. The molecule has 0 spiro atoms. The van der Waals surface area contributed by atoms with E-state index in [0.717, 1.165) is 18.5 Å². The summed E-state index contributed by atoms with van der Waals surface area (Å²) in [5.41, 5.74) is 6.24. The number of anilines is 1. The topological polar surface area (TPSA) is 140 Å². The van der Waals surface area contributed by atoms with Gasteiger partial charge in [-0.2, -0.15) is 0 Å². The summed E-state index contributed by atoms with van der Waals surface area (Å²) >= 11 is 0. The molecule has 0 radical (unpaired) electrons. The van der Waals surface area contributed by atoms with Gasteiger partial charge in [-0.1, -0.05) is 18.2 Å². The average molecular weight is 421 g/mol. The van der Waals surface area contributed by atoms with E-state index >= 15 is 0 Å². The number of para-hydroxylation sites is 1. The van der Waals surface area contributed by atoms with Gasteiger partial charge < -0.3 is 20.6 Å². The third kappa shape index (κ3) is 7.70. The van der Waals surface area contributed by atoms with Gasteiger partial charge in [-0.25, -0.2) is 0 Å². The van der Waals surface area contributed by atoms with Gasteiger partial charge in [0.05, 0.1) is 11.7 Å². The SMILES string of the molecule is CN[C@@H](C)C(=O)N[C@H]1CCCCN([C@H](C)C(=O)NNc2ccccc2)C1=O.O=CO. The number of hydrazine groups is 1. The molecule has 3 atom stereocenters. The molecule has 1 heterocycles. The zero-order chi connectivity index (χ0) is 22.5. The molecule has 0 aliphatic carbocycles. The summed E-state index contributed by atoms with van der Waals surface area (Å²) in [4.78, 5) is 47.4. The number of amides is 3. The Kier molecular flexibility index (Phi) is 10.9. The first-order chi connectivity index (χ1) is 14.3. The van der Waals surface area contributed by atoms with Crippen molar-refractivity contribution in [3.63, 3.8) is 0 Å². The molecule has 2 rings (SSSR count). The van der Waals surface area contributed by atoms with Gasteiger partial charge in [0.25, 0.3) is 12.4 Å². The molecule has 0 unspecified atom stereocenters. The zero-order valence-corrected chi connectivity index (χ0v) is 17.6. The highest BCUT2D eigenvalue weighted by Crippen LogP contribution is 2.15. The number of likely N-dealkylation sites (tertiary alicyclic amines) is 1. The first kappa shape index (κ1) is 24.9. The number of rotatable bonds is 7. The molecule has 30 heavy (non-hydrogen) atoms. The van der Waals surface area contributed by atoms with Gasteiger partial charge in [0.15, 0.2) is 0 Å². The molecule has 0 saturated carbocycles. The lowest BCUT2D eigenvalue weighted by atomic mass is 10.1. The van der Waals surface area contributed by atoms with E-state index in [1.54, 1.807) is 25.8 Å². The summed E-state index contributed by atoms with van der Waals surface area (Å²) in [7, 11) is 1.69. The lowest BCUT2D eigenvalue weighted by Crippen LogP contribution is -2.56. The van der Waals surface area contributed by atoms with E-state index in [9.17, 15) is 14.4 Å². The predicted octanol–water partition coefficient (Wildman–Crippen LogP) is 0.324. The summed E-state index contributed by atoms with van der Waals surface area (Å²) in [6, 6.07) is 7.62. The summed E-state index contributed by atoms with van der Waals surface area (Å²) < 4.78 is 0. The van der Waals surface area contributed by atoms with Crippen LogP contribution >= 0.6 is 0 Å². The van der Waals surface area contributed by atoms with Crippen LogP contribution in [-0.2, 0) is 19.2 Å². The molecule has 3 amide bonds. The Bertz CT molecular complexity index is 700.